The maximum Gasteiger partial charge on any atom is 0.273 e. The second-order valence-electron chi connectivity index (χ2n) is 5.08. The van der Waals surface area contributed by atoms with Crippen LogP contribution in [0.25, 0.3) is 17.3 Å². The lowest BCUT2D eigenvalue weighted by molar-refractivity contribution is -0.113. The normalized spacial score (nSPS) is 16.2. The minimum Gasteiger partial charge on any atom is -0.278 e. The molecule has 1 saturated heterocycles. The Morgan fingerprint density at radius 3 is 2.80 bits per heavy atom. The van der Waals surface area contributed by atoms with Crippen LogP contribution in [0.15, 0.2) is 46.9 Å². The summed E-state index contributed by atoms with van der Waals surface area (Å²) in [5.41, 5.74) is 2.13. The van der Waals surface area contributed by atoms with Crippen LogP contribution in [0.2, 0.25) is 0 Å². The number of carbonyl (C=O) groups is 1. The lowest BCUT2D eigenvalue weighted by atomic mass is 10.1. The number of rotatable bonds is 3. The van der Waals surface area contributed by atoms with Crippen molar-refractivity contribution in [3.63, 3.8) is 0 Å². The number of amidine groups is 1. The second-order valence-corrected chi connectivity index (χ2v) is 6.98. The molecule has 124 valence electrons. The zero-order chi connectivity index (χ0) is 17.4. The second kappa shape index (κ2) is 6.26. The molecule has 2 N–H and O–H groups in total. The van der Waals surface area contributed by atoms with Crippen molar-refractivity contribution in [2.45, 2.75) is 0 Å². The van der Waals surface area contributed by atoms with Crippen LogP contribution in [0.1, 0.15) is 5.56 Å². The van der Waals surface area contributed by atoms with Crippen molar-refractivity contribution in [2.75, 3.05) is 4.90 Å². The van der Waals surface area contributed by atoms with E-state index in [1.807, 2.05) is 0 Å². The molecule has 0 bridgehead atoms. The Kier molecular flexibility index (Phi) is 3.94. The number of hydrogen-bond acceptors (Lipinski definition) is 6. The highest BCUT2D eigenvalue weighted by Gasteiger charge is 2.35. The molecule has 0 radical (unpaired) electrons. The zero-order valence-electron chi connectivity index (χ0n) is 12.6. The van der Waals surface area contributed by atoms with Gasteiger partial charge in [-0.2, -0.15) is 5.10 Å². The number of anilines is 1. The van der Waals surface area contributed by atoms with E-state index in [0.29, 0.717) is 21.3 Å². The Morgan fingerprint density at radius 2 is 2.08 bits per heavy atom. The van der Waals surface area contributed by atoms with Crippen LogP contribution in [0.4, 0.5) is 9.52 Å². The molecular weight excluding hydrogens is 361 g/mol. The summed E-state index contributed by atoms with van der Waals surface area (Å²) >= 11 is 2.37. The first-order chi connectivity index (χ1) is 12.1. The van der Waals surface area contributed by atoms with Crippen LogP contribution in [-0.4, -0.2) is 26.3 Å². The van der Waals surface area contributed by atoms with Crippen molar-refractivity contribution in [3.05, 3.63) is 58.3 Å². The van der Waals surface area contributed by atoms with Crippen LogP contribution >= 0.6 is 23.1 Å². The molecule has 0 unspecified atom stereocenters. The topological polar surface area (TPSA) is 85.7 Å². The Hall–Kier alpha value is -2.78. The number of thioether (sulfide) groups is 1. The van der Waals surface area contributed by atoms with Crippen molar-refractivity contribution < 1.29 is 9.18 Å². The Labute approximate surface area is 149 Å². The van der Waals surface area contributed by atoms with E-state index >= 15 is 0 Å². The molecule has 0 atom stereocenters. The predicted octanol–water partition coefficient (Wildman–Crippen LogP) is 3.73. The zero-order valence-corrected chi connectivity index (χ0v) is 14.2. The van der Waals surface area contributed by atoms with Crippen molar-refractivity contribution in [1.29, 1.82) is 5.41 Å². The van der Waals surface area contributed by atoms with Crippen LogP contribution in [-0.2, 0) is 4.79 Å². The third-order valence-electron chi connectivity index (χ3n) is 3.52. The van der Waals surface area contributed by atoms with Crippen molar-refractivity contribution in [1.82, 2.24) is 15.2 Å². The SMILES string of the molecule is N=C1S/C(=C\c2cn[nH]c2-c2ccc(F)cc2)C(=O)N1c1nccs1. The van der Waals surface area contributed by atoms with Gasteiger partial charge in [0.2, 0.25) is 0 Å². The summed E-state index contributed by atoms with van der Waals surface area (Å²) in [5.74, 6) is -0.617. The quantitative estimate of drug-likeness (QED) is 0.687. The van der Waals surface area contributed by atoms with Crippen molar-refractivity contribution in [3.8, 4) is 11.3 Å². The number of benzene rings is 1. The van der Waals surface area contributed by atoms with Crippen LogP contribution in [0, 0.1) is 11.2 Å². The fourth-order valence-electron chi connectivity index (χ4n) is 2.38. The van der Waals surface area contributed by atoms with Gasteiger partial charge in [0.15, 0.2) is 10.3 Å². The smallest absolute Gasteiger partial charge is 0.273 e. The predicted molar refractivity (Wildman–Crippen MR) is 96.9 cm³/mol. The minimum absolute atomic E-state index is 0.109. The summed E-state index contributed by atoms with van der Waals surface area (Å²) in [6.45, 7) is 0. The lowest BCUT2D eigenvalue weighted by Gasteiger charge is -2.08. The maximum absolute atomic E-state index is 13.1. The largest absolute Gasteiger partial charge is 0.278 e. The number of nitrogens with one attached hydrogen (secondary N) is 2. The highest BCUT2D eigenvalue weighted by molar-refractivity contribution is 8.19. The van der Waals surface area contributed by atoms with Gasteiger partial charge in [-0.15, -0.1) is 11.3 Å². The minimum atomic E-state index is -0.322. The molecular formula is C16H10FN5OS2. The van der Waals surface area contributed by atoms with Crippen molar-refractivity contribution in [2.24, 2.45) is 0 Å². The summed E-state index contributed by atoms with van der Waals surface area (Å²) in [6, 6.07) is 6.00. The monoisotopic (exact) mass is 371 g/mol. The van der Waals surface area contributed by atoms with E-state index in [0.717, 1.165) is 17.3 Å². The van der Waals surface area contributed by atoms with Crippen LogP contribution < -0.4 is 4.90 Å². The van der Waals surface area contributed by atoms with E-state index in [-0.39, 0.29) is 16.9 Å². The van der Waals surface area contributed by atoms with Gasteiger partial charge in [-0.25, -0.2) is 14.3 Å². The number of hydrogen-bond donors (Lipinski definition) is 2. The van der Waals surface area contributed by atoms with Gasteiger partial charge in [-0.05, 0) is 42.1 Å². The summed E-state index contributed by atoms with van der Waals surface area (Å²) in [5, 5.41) is 17.3. The number of nitrogens with zero attached hydrogens (tertiary/aromatic N) is 3. The van der Waals surface area contributed by atoms with E-state index < -0.39 is 0 Å². The Balaban J connectivity index is 1.69. The van der Waals surface area contributed by atoms with E-state index in [9.17, 15) is 9.18 Å². The molecule has 1 fully saturated rings. The first kappa shape index (κ1) is 15.7. The molecule has 1 aliphatic rings. The molecule has 9 heteroatoms. The molecule has 0 spiro atoms. The molecule has 4 rings (SSSR count). The van der Waals surface area contributed by atoms with E-state index in [1.54, 1.807) is 36.0 Å². The standard InChI is InChI=1S/C16H10FN5OS2/c17-11-3-1-9(2-4-11)13-10(8-20-21-13)7-12-14(23)22(15(18)25-12)16-19-5-6-24-16/h1-8,18H,(H,20,21)/b12-7-,18-15?. The van der Waals surface area contributed by atoms with Gasteiger partial charge >= 0.3 is 0 Å². The summed E-state index contributed by atoms with van der Waals surface area (Å²) < 4.78 is 13.1. The lowest BCUT2D eigenvalue weighted by Crippen LogP contribution is -2.27. The fourth-order valence-corrected chi connectivity index (χ4v) is 3.92. The van der Waals surface area contributed by atoms with Crippen LogP contribution in [0.5, 0.6) is 0 Å². The maximum atomic E-state index is 13.1. The van der Waals surface area contributed by atoms with Gasteiger partial charge in [0.25, 0.3) is 5.91 Å². The van der Waals surface area contributed by atoms with Gasteiger partial charge < -0.3 is 0 Å². The molecule has 1 amide bonds. The number of amides is 1. The molecule has 0 saturated carbocycles. The number of thiazole rings is 1. The first-order valence-corrected chi connectivity index (χ1v) is 8.84. The highest BCUT2D eigenvalue weighted by Crippen LogP contribution is 2.36. The number of halogens is 1. The Bertz CT molecular complexity index is 978. The number of carbonyl (C=O) groups excluding carboxylic acids is 1. The number of aromatic nitrogens is 3. The molecule has 1 aliphatic heterocycles. The molecule has 2 aromatic heterocycles. The van der Waals surface area contributed by atoms with E-state index in [1.165, 1.54) is 28.4 Å². The average Bonchev–Trinajstić information content (AvgIpc) is 3.31. The van der Waals surface area contributed by atoms with Gasteiger partial charge in [-0.3, -0.25) is 15.3 Å². The molecule has 3 aromatic rings. The summed E-state index contributed by atoms with van der Waals surface area (Å²) in [4.78, 5) is 18.4. The van der Waals surface area contributed by atoms with Gasteiger partial charge in [-0.1, -0.05) is 0 Å². The molecule has 0 aliphatic carbocycles. The molecule has 25 heavy (non-hydrogen) atoms. The highest BCUT2D eigenvalue weighted by atomic mass is 32.2. The molecule has 3 heterocycles. The van der Waals surface area contributed by atoms with E-state index in [4.69, 9.17) is 5.41 Å². The first-order valence-electron chi connectivity index (χ1n) is 7.15. The fraction of sp³-hybridized carbons (Fsp3) is 0. The van der Waals surface area contributed by atoms with Gasteiger partial charge in [0.1, 0.15) is 5.82 Å². The van der Waals surface area contributed by atoms with Crippen molar-refractivity contribution >= 4 is 45.4 Å². The third kappa shape index (κ3) is 2.87. The van der Waals surface area contributed by atoms with Gasteiger partial charge in [0.05, 0.1) is 16.8 Å². The number of H-pyrrole nitrogens is 1. The molecule has 6 nitrogen and oxygen atoms in total. The average molecular weight is 371 g/mol. The molecule has 1 aromatic carbocycles. The summed E-state index contributed by atoms with van der Waals surface area (Å²) in [7, 11) is 0. The van der Waals surface area contributed by atoms with Gasteiger partial charge in [0, 0.05) is 22.7 Å². The van der Waals surface area contributed by atoms with E-state index in [2.05, 4.69) is 15.2 Å². The third-order valence-corrected chi connectivity index (χ3v) is 5.17. The van der Waals surface area contributed by atoms with Crippen LogP contribution in [0.3, 0.4) is 0 Å². The summed E-state index contributed by atoms with van der Waals surface area (Å²) in [6.07, 6.45) is 4.86. The number of aromatic amines is 1. The Morgan fingerprint density at radius 1 is 1.28 bits per heavy atom.